The summed E-state index contributed by atoms with van der Waals surface area (Å²) in [6.07, 6.45) is 5.60. The normalized spacial score (nSPS) is 12.7. The zero-order valence-electron chi connectivity index (χ0n) is 24.6. The topological polar surface area (TPSA) is 25.8 Å². The number of nitrogens with zero attached hydrogens (tertiary/aromatic N) is 2. The van der Waals surface area contributed by atoms with Gasteiger partial charge in [-0.25, -0.2) is 0 Å². The fraction of sp³-hybridized carbons (Fsp3) is 0.150. The number of hydrogen-bond donors (Lipinski definition) is 0. The molecule has 5 aromatic carbocycles. The predicted octanol–water partition coefficient (Wildman–Crippen LogP) is 11.1. The molecule has 2 heteroatoms. The number of allylic oxidation sites excluding steroid dienone is 2. The van der Waals surface area contributed by atoms with Gasteiger partial charge in [0.05, 0.1) is 11.0 Å². The van der Waals surface area contributed by atoms with Crippen LogP contribution in [0.2, 0.25) is 0 Å². The average Bonchev–Trinajstić information content (AvgIpc) is 3.02. The van der Waals surface area contributed by atoms with Crippen molar-refractivity contribution in [3.63, 3.8) is 0 Å². The molecule has 2 aromatic heterocycles. The van der Waals surface area contributed by atoms with Gasteiger partial charge < -0.3 is 0 Å². The Hall–Kier alpha value is -4.82. The summed E-state index contributed by atoms with van der Waals surface area (Å²) in [6.45, 7) is 8.53. The van der Waals surface area contributed by atoms with Gasteiger partial charge in [0.25, 0.3) is 0 Å². The summed E-state index contributed by atoms with van der Waals surface area (Å²) in [5, 5.41) is 7.51. The third-order valence-electron chi connectivity index (χ3n) is 8.58. The third kappa shape index (κ3) is 4.26. The standard InChI is InChI=1S/C40H34N2/c1-5-12-27(6-2)37-31-15-7-9-17-33(31)38(34-18-10-8-16-32(34)37)30-14-11-13-29(24-30)36-23-26(4)42-40-35(36)22-21-28-20-19-25(3)41-39(28)40/h5,7-24,27H,6H2,1-4H3/b12-5-. The van der Waals surface area contributed by atoms with Crippen molar-refractivity contribution >= 4 is 43.4 Å². The summed E-state index contributed by atoms with van der Waals surface area (Å²) in [7, 11) is 0. The Morgan fingerprint density at radius 2 is 1.26 bits per heavy atom. The zero-order chi connectivity index (χ0) is 28.8. The van der Waals surface area contributed by atoms with E-state index in [4.69, 9.17) is 9.97 Å². The quantitative estimate of drug-likeness (QED) is 0.123. The lowest BCUT2D eigenvalue weighted by atomic mass is 9.82. The van der Waals surface area contributed by atoms with Crippen LogP contribution in [0.1, 0.15) is 43.1 Å². The van der Waals surface area contributed by atoms with E-state index in [2.05, 4.69) is 136 Å². The van der Waals surface area contributed by atoms with Gasteiger partial charge in [-0.1, -0.05) is 104 Å². The Morgan fingerprint density at radius 3 is 1.95 bits per heavy atom. The molecule has 0 saturated carbocycles. The lowest BCUT2D eigenvalue weighted by Gasteiger charge is -2.21. The number of aryl methyl sites for hydroxylation is 2. The smallest absolute Gasteiger partial charge is 0.0974 e. The summed E-state index contributed by atoms with van der Waals surface area (Å²) in [5.41, 5.74) is 10.2. The first-order valence-corrected chi connectivity index (χ1v) is 14.9. The van der Waals surface area contributed by atoms with Gasteiger partial charge in [-0.05, 0) is 94.8 Å². The number of fused-ring (bicyclic) bond motifs is 5. The number of pyridine rings is 2. The van der Waals surface area contributed by atoms with Crippen LogP contribution in [0.4, 0.5) is 0 Å². The van der Waals surface area contributed by atoms with Crippen LogP contribution < -0.4 is 0 Å². The Balaban J connectivity index is 1.51. The maximum atomic E-state index is 4.97. The van der Waals surface area contributed by atoms with Gasteiger partial charge in [-0.3, -0.25) is 9.97 Å². The molecule has 42 heavy (non-hydrogen) atoms. The molecule has 1 unspecified atom stereocenters. The Kier molecular flexibility index (Phi) is 6.55. The van der Waals surface area contributed by atoms with Crippen molar-refractivity contribution in [3.8, 4) is 22.3 Å². The molecule has 7 rings (SSSR count). The van der Waals surface area contributed by atoms with Crippen molar-refractivity contribution in [2.24, 2.45) is 0 Å². The highest BCUT2D eigenvalue weighted by atomic mass is 14.8. The van der Waals surface area contributed by atoms with Crippen LogP contribution in [0, 0.1) is 13.8 Å². The van der Waals surface area contributed by atoms with Gasteiger partial charge in [0, 0.05) is 28.1 Å². The van der Waals surface area contributed by atoms with Crippen LogP contribution in [0.3, 0.4) is 0 Å². The average molecular weight is 543 g/mol. The van der Waals surface area contributed by atoms with Gasteiger partial charge in [-0.15, -0.1) is 0 Å². The molecule has 204 valence electrons. The fourth-order valence-electron chi connectivity index (χ4n) is 6.72. The molecule has 0 saturated heterocycles. The number of rotatable bonds is 5. The van der Waals surface area contributed by atoms with Crippen LogP contribution in [0.15, 0.2) is 115 Å². The fourth-order valence-corrected chi connectivity index (χ4v) is 6.72. The molecule has 7 aromatic rings. The third-order valence-corrected chi connectivity index (χ3v) is 8.58. The van der Waals surface area contributed by atoms with Crippen molar-refractivity contribution in [2.45, 2.75) is 40.0 Å². The second kappa shape index (κ2) is 10.5. The number of hydrogen-bond acceptors (Lipinski definition) is 2. The van der Waals surface area contributed by atoms with E-state index in [1.807, 2.05) is 6.92 Å². The van der Waals surface area contributed by atoms with E-state index in [-0.39, 0.29) is 0 Å². The Morgan fingerprint density at radius 1 is 0.619 bits per heavy atom. The van der Waals surface area contributed by atoms with Crippen LogP contribution in [0.25, 0.3) is 65.6 Å². The molecule has 0 N–H and O–H groups in total. The first-order chi connectivity index (χ1) is 20.6. The molecular weight excluding hydrogens is 508 g/mol. The summed E-state index contributed by atoms with van der Waals surface area (Å²) < 4.78 is 0. The summed E-state index contributed by atoms with van der Waals surface area (Å²) >= 11 is 0. The van der Waals surface area contributed by atoms with E-state index in [0.29, 0.717) is 5.92 Å². The molecule has 0 amide bonds. The molecule has 2 heterocycles. The Labute approximate surface area is 247 Å². The van der Waals surface area contributed by atoms with Crippen molar-refractivity contribution in [3.05, 3.63) is 132 Å². The van der Waals surface area contributed by atoms with Crippen LogP contribution in [0.5, 0.6) is 0 Å². The van der Waals surface area contributed by atoms with E-state index in [1.165, 1.54) is 49.4 Å². The molecular formula is C40H34N2. The van der Waals surface area contributed by atoms with Gasteiger partial charge >= 0.3 is 0 Å². The second-order valence-electron chi connectivity index (χ2n) is 11.3. The van der Waals surface area contributed by atoms with Crippen molar-refractivity contribution in [2.75, 3.05) is 0 Å². The number of benzene rings is 5. The van der Waals surface area contributed by atoms with Gasteiger partial charge in [-0.2, -0.15) is 0 Å². The number of aromatic nitrogens is 2. The minimum absolute atomic E-state index is 0.364. The summed E-state index contributed by atoms with van der Waals surface area (Å²) in [6, 6.07) is 37.7. The predicted molar refractivity (Wildman–Crippen MR) is 180 cm³/mol. The van der Waals surface area contributed by atoms with Crippen LogP contribution in [-0.4, -0.2) is 9.97 Å². The van der Waals surface area contributed by atoms with Crippen molar-refractivity contribution in [1.82, 2.24) is 9.97 Å². The molecule has 0 fully saturated rings. The summed E-state index contributed by atoms with van der Waals surface area (Å²) in [5.74, 6) is 0.364. The maximum Gasteiger partial charge on any atom is 0.0974 e. The van der Waals surface area contributed by atoms with E-state index in [9.17, 15) is 0 Å². The molecule has 0 aliphatic rings. The van der Waals surface area contributed by atoms with Gasteiger partial charge in [0.2, 0.25) is 0 Å². The lowest BCUT2D eigenvalue weighted by molar-refractivity contribution is 0.817. The second-order valence-corrected chi connectivity index (χ2v) is 11.3. The SMILES string of the molecule is C/C=C\C(CC)c1c2ccccc2c(-c2cccc(-c3cc(C)nc4c3ccc3ccc(C)nc34)c2)c2ccccc12. The summed E-state index contributed by atoms with van der Waals surface area (Å²) in [4.78, 5) is 9.86. The van der Waals surface area contributed by atoms with Crippen molar-refractivity contribution < 1.29 is 0 Å². The highest BCUT2D eigenvalue weighted by Crippen LogP contribution is 2.44. The minimum Gasteiger partial charge on any atom is -0.251 e. The molecule has 0 spiro atoms. The molecule has 0 radical (unpaired) electrons. The molecule has 1 atom stereocenters. The van der Waals surface area contributed by atoms with Gasteiger partial charge in [0.15, 0.2) is 0 Å². The van der Waals surface area contributed by atoms with Crippen LogP contribution in [-0.2, 0) is 0 Å². The molecule has 0 aliphatic carbocycles. The molecule has 0 bridgehead atoms. The first kappa shape index (κ1) is 26.1. The lowest BCUT2D eigenvalue weighted by Crippen LogP contribution is -1.99. The Bertz CT molecular complexity index is 2110. The van der Waals surface area contributed by atoms with E-state index < -0.39 is 0 Å². The van der Waals surface area contributed by atoms with Gasteiger partial charge in [0.1, 0.15) is 0 Å². The highest BCUT2D eigenvalue weighted by molar-refractivity contribution is 6.16. The zero-order valence-corrected chi connectivity index (χ0v) is 24.6. The first-order valence-electron chi connectivity index (χ1n) is 14.9. The molecule has 2 nitrogen and oxygen atoms in total. The maximum absolute atomic E-state index is 4.97. The largest absolute Gasteiger partial charge is 0.251 e. The monoisotopic (exact) mass is 542 g/mol. The van der Waals surface area contributed by atoms with Crippen LogP contribution >= 0.6 is 0 Å². The van der Waals surface area contributed by atoms with E-state index in [1.54, 1.807) is 0 Å². The minimum atomic E-state index is 0.364. The van der Waals surface area contributed by atoms with Crippen molar-refractivity contribution in [1.29, 1.82) is 0 Å². The van der Waals surface area contributed by atoms with E-state index in [0.717, 1.165) is 39.6 Å². The van der Waals surface area contributed by atoms with E-state index >= 15 is 0 Å². The molecule has 0 aliphatic heterocycles. The highest BCUT2D eigenvalue weighted by Gasteiger charge is 2.19.